The van der Waals surface area contributed by atoms with E-state index in [9.17, 15) is 23.3 Å². The van der Waals surface area contributed by atoms with Gasteiger partial charge in [0.1, 0.15) is 5.54 Å². The number of benzene rings is 1. The van der Waals surface area contributed by atoms with Gasteiger partial charge in [-0.05, 0) is 44.4 Å². The highest BCUT2D eigenvalue weighted by Gasteiger charge is 2.35. The molecule has 7 nitrogen and oxygen atoms in total. The maximum absolute atomic E-state index is 12.4. The van der Waals surface area contributed by atoms with Crippen LogP contribution >= 0.6 is 0 Å². The highest BCUT2D eigenvalue weighted by Crippen LogP contribution is 2.27. The van der Waals surface area contributed by atoms with Crippen LogP contribution in [0.3, 0.4) is 0 Å². The Balaban J connectivity index is 2.11. The van der Waals surface area contributed by atoms with Gasteiger partial charge in [0.2, 0.25) is 0 Å². The first kappa shape index (κ1) is 20.9. The topological polar surface area (TPSA) is 113 Å². The summed E-state index contributed by atoms with van der Waals surface area (Å²) in [6, 6.07) is 6.36. The second-order valence-electron chi connectivity index (χ2n) is 7.04. The monoisotopic (exact) mass is 392 g/mol. The molecule has 0 unspecified atom stereocenters. The second-order valence-corrected chi connectivity index (χ2v) is 9.06. The second kappa shape index (κ2) is 8.09. The van der Waals surface area contributed by atoms with Crippen molar-refractivity contribution in [3.05, 3.63) is 29.3 Å². The van der Waals surface area contributed by atoms with E-state index in [0.29, 0.717) is 18.4 Å². The van der Waals surface area contributed by atoms with Crippen molar-refractivity contribution in [2.75, 3.05) is 6.26 Å². The molecule has 1 aromatic rings. The van der Waals surface area contributed by atoms with Crippen LogP contribution in [0.5, 0.6) is 0 Å². The highest BCUT2D eigenvalue weighted by atomic mass is 32.2. The molecule has 1 amide bonds. The highest BCUT2D eigenvalue weighted by molar-refractivity contribution is 7.90. The molecule has 2 rings (SSSR count). The Hall–Kier alpha value is -2.40. The Morgan fingerprint density at radius 3 is 2.44 bits per heavy atom. The van der Waals surface area contributed by atoms with Gasteiger partial charge in [0.25, 0.3) is 5.91 Å². The summed E-state index contributed by atoms with van der Waals surface area (Å²) in [5, 5.41) is 12.2. The molecule has 0 aliphatic heterocycles. The Morgan fingerprint density at radius 1 is 1.26 bits per heavy atom. The molecule has 0 spiro atoms. The summed E-state index contributed by atoms with van der Waals surface area (Å²) in [4.78, 5) is 24.9. The number of hydrogen-bond acceptors (Lipinski definition) is 6. The number of esters is 1. The molecule has 8 heteroatoms. The number of sulfone groups is 1. The number of aryl methyl sites for hydroxylation is 1. The van der Waals surface area contributed by atoms with Crippen LogP contribution in [0.4, 0.5) is 0 Å². The summed E-state index contributed by atoms with van der Waals surface area (Å²) in [6.07, 6.45) is 3.84. The van der Waals surface area contributed by atoms with Crippen molar-refractivity contribution in [2.24, 2.45) is 0 Å². The number of amides is 1. The van der Waals surface area contributed by atoms with Crippen molar-refractivity contribution >= 4 is 21.7 Å². The first-order chi connectivity index (χ1) is 12.6. The summed E-state index contributed by atoms with van der Waals surface area (Å²) in [6.45, 7) is 3.08. The molecule has 0 heterocycles. The van der Waals surface area contributed by atoms with Gasteiger partial charge in [0, 0.05) is 6.26 Å². The molecule has 1 N–H and O–H groups in total. The Morgan fingerprint density at radius 2 is 1.89 bits per heavy atom. The van der Waals surface area contributed by atoms with Crippen LogP contribution in [0.2, 0.25) is 0 Å². The fourth-order valence-corrected chi connectivity index (χ4v) is 3.73. The van der Waals surface area contributed by atoms with Gasteiger partial charge in [-0.25, -0.2) is 13.2 Å². The van der Waals surface area contributed by atoms with Crippen LogP contribution in [0, 0.1) is 18.3 Å². The number of hydrogen-bond donors (Lipinski definition) is 1. The molecule has 1 atom stereocenters. The lowest BCUT2D eigenvalue weighted by atomic mass is 9.83. The molecular weight excluding hydrogens is 368 g/mol. The number of carbonyl (C=O) groups excluding carboxylic acids is 2. The molecule has 0 bridgehead atoms. The van der Waals surface area contributed by atoms with E-state index in [0.717, 1.165) is 25.5 Å². The molecule has 1 aromatic carbocycles. The lowest BCUT2D eigenvalue weighted by Crippen LogP contribution is -2.52. The quantitative estimate of drug-likeness (QED) is 0.769. The number of nitrogens with zero attached hydrogens (tertiary/aromatic N) is 1. The third kappa shape index (κ3) is 5.07. The molecule has 27 heavy (non-hydrogen) atoms. The summed E-state index contributed by atoms with van der Waals surface area (Å²) in [5.41, 5.74) is -0.284. The standard InChI is InChI=1S/C19H24N2O5S/c1-13-7-8-15(27(3,24)25)11-16(13)18(23)26-14(2)17(22)21-19(12-20)9-5-4-6-10-19/h7-8,11,14H,4-6,9-10H2,1-3H3,(H,21,22)/t14-/m0/s1. The minimum atomic E-state index is -3.47. The van der Waals surface area contributed by atoms with E-state index in [-0.39, 0.29) is 10.5 Å². The fraction of sp³-hybridized carbons (Fsp3) is 0.526. The van der Waals surface area contributed by atoms with Crippen LogP contribution in [0.25, 0.3) is 0 Å². The molecule has 146 valence electrons. The summed E-state index contributed by atoms with van der Waals surface area (Å²) in [7, 11) is -3.47. The van der Waals surface area contributed by atoms with Crippen molar-refractivity contribution in [3.63, 3.8) is 0 Å². The molecule has 1 fully saturated rings. The Kier molecular flexibility index (Phi) is 6.26. The van der Waals surface area contributed by atoms with Crippen LogP contribution in [-0.2, 0) is 19.4 Å². The first-order valence-corrected chi connectivity index (χ1v) is 10.7. The average molecular weight is 392 g/mol. The molecule has 0 radical (unpaired) electrons. The molecule has 1 aliphatic carbocycles. The van der Waals surface area contributed by atoms with Crippen molar-refractivity contribution in [1.29, 1.82) is 5.26 Å². The van der Waals surface area contributed by atoms with Crippen LogP contribution < -0.4 is 5.32 Å². The van der Waals surface area contributed by atoms with E-state index in [1.165, 1.54) is 25.1 Å². The van der Waals surface area contributed by atoms with Gasteiger partial charge in [-0.2, -0.15) is 5.26 Å². The van der Waals surface area contributed by atoms with Crippen molar-refractivity contribution in [3.8, 4) is 6.07 Å². The van der Waals surface area contributed by atoms with Gasteiger partial charge in [0.15, 0.2) is 15.9 Å². The van der Waals surface area contributed by atoms with Crippen molar-refractivity contribution in [2.45, 2.75) is 62.5 Å². The third-order valence-corrected chi connectivity index (χ3v) is 5.90. The molecule has 1 aliphatic rings. The van der Waals surface area contributed by atoms with E-state index in [2.05, 4.69) is 11.4 Å². The molecule has 1 saturated carbocycles. The smallest absolute Gasteiger partial charge is 0.339 e. The Labute approximate surface area is 159 Å². The van der Waals surface area contributed by atoms with E-state index in [4.69, 9.17) is 4.74 Å². The first-order valence-electron chi connectivity index (χ1n) is 8.83. The fourth-order valence-electron chi connectivity index (χ4n) is 3.09. The van der Waals surface area contributed by atoms with E-state index >= 15 is 0 Å². The third-order valence-electron chi connectivity index (χ3n) is 4.79. The van der Waals surface area contributed by atoms with Crippen LogP contribution in [0.15, 0.2) is 23.1 Å². The largest absolute Gasteiger partial charge is 0.449 e. The van der Waals surface area contributed by atoms with Gasteiger partial charge in [-0.3, -0.25) is 4.79 Å². The van der Waals surface area contributed by atoms with Crippen molar-refractivity contribution in [1.82, 2.24) is 5.32 Å². The number of nitrogens with one attached hydrogen (secondary N) is 1. The summed E-state index contributed by atoms with van der Waals surface area (Å²) >= 11 is 0. The minimum absolute atomic E-state index is 0.00259. The van der Waals surface area contributed by atoms with Crippen LogP contribution in [0.1, 0.15) is 54.9 Å². The number of ether oxygens (including phenoxy) is 1. The molecule has 0 aromatic heterocycles. The maximum Gasteiger partial charge on any atom is 0.339 e. The van der Waals surface area contributed by atoms with Crippen LogP contribution in [-0.4, -0.2) is 38.2 Å². The van der Waals surface area contributed by atoms with E-state index in [1.807, 2.05) is 0 Å². The summed E-state index contributed by atoms with van der Waals surface area (Å²) in [5.74, 6) is -1.32. The normalized spacial score (nSPS) is 17.4. The number of carbonyl (C=O) groups is 2. The van der Waals surface area contributed by atoms with Crippen molar-refractivity contribution < 1.29 is 22.7 Å². The number of nitriles is 1. The Bertz CT molecular complexity index is 880. The van der Waals surface area contributed by atoms with Gasteiger partial charge in [-0.15, -0.1) is 0 Å². The SMILES string of the molecule is Cc1ccc(S(C)(=O)=O)cc1C(=O)O[C@@H](C)C(=O)NC1(C#N)CCCCC1. The summed E-state index contributed by atoms with van der Waals surface area (Å²) < 4.78 is 28.6. The lowest BCUT2D eigenvalue weighted by molar-refractivity contribution is -0.130. The lowest BCUT2D eigenvalue weighted by Gasteiger charge is -2.32. The van der Waals surface area contributed by atoms with Gasteiger partial charge in [0.05, 0.1) is 16.5 Å². The van der Waals surface area contributed by atoms with E-state index < -0.39 is 33.4 Å². The van der Waals surface area contributed by atoms with Gasteiger partial charge >= 0.3 is 5.97 Å². The predicted octanol–water partition coefficient (Wildman–Crippen LogP) is 2.29. The zero-order chi connectivity index (χ0) is 20.2. The zero-order valence-corrected chi connectivity index (χ0v) is 16.6. The average Bonchev–Trinajstić information content (AvgIpc) is 2.61. The zero-order valence-electron chi connectivity index (χ0n) is 15.7. The predicted molar refractivity (Wildman–Crippen MR) is 98.7 cm³/mol. The molecule has 0 saturated heterocycles. The maximum atomic E-state index is 12.4. The van der Waals surface area contributed by atoms with E-state index in [1.54, 1.807) is 6.92 Å². The number of rotatable bonds is 5. The minimum Gasteiger partial charge on any atom is -0.449 e. The van der Waals surface area contributed by atoms with Gasteiger partial charge < -0.3 is 10.1 Å². The molecular formula is C19H24N2O5S. The van der Waals surface area contributed by atoms with Gasteiger partial charge in [-0.1, -0.05) is 25.3 Å².